The van der Waals surface area contributed by atoms with Gasteiger partial charge >= 0.3 is 0 Å². The van der Waals surface area contributed by atoms with Gasteiger partial charge in [0.05, 0.1) is 18.8 Å². The van der Waals surface area contributed by atoms with Crippen LogP contribution in [-0.2, 0) is 10.3 Å². The molecule has 2 N–H and O–H groups in total. The Balaban J connectivity index is 1.93. The number of pyridine rings is 1. The van der Waals surface area contributed by atoms with E-state index in [9.17, 15) is 5.11 Å². The molecule has 2 aliphatic rings. The molecule has 2 unspecified atom stereocenters. The van der Waals surface area contributed by atoms with Gasteiger partial charge in [0.1, 0.15) is 0 Å². The second-order valence-electron chi connectivity index (χ2n) is 5.23. The topological polar surface area (TPSA) is 54.4 Å². The van der Waals surface area contributed by atoms with Crippen LogP contribution in [0.1, 0.15) is 24.0 Å². The molecule has 1 aromatic rings. The van der Waals surface area contributed by atoms with Gasteiger partial charge in [-0.3, -0.25) is 4.98 Å². The number of aromatic nitrogens is 1. The number of nitrogens with zero attached hydrogens (tertiary/aromatic N) is 1. The maximum absolute atomic E-state index is 10.9. The first-order valence-corrected chi connectivity index (χ1v) is 6.15. The van der Waals surface area contributed by atoms with Crippen LogP contribution in [-0.4, -0.2) is 35.4 Å². The molecular weight excluding hydrogens is 216 g/mol. The third kappa shape index (κ3) is 1.97. The number of ether oxygens (including phenoxy) is 1. The van der Waals surface area contributed by atoms with Crippen molar-refractivity contribution in [1.29, 1.82) is 0 Å². The SMILES string of the molecule is Cc1ccncc1C1(O)CC2COCC(C1)N2. The number of piperidine rings is 1. The molecule has 0 saturated carbocycles. The fourth-order valence-electron chi connectivity index (χ4n) is 3.09. The van der Waals surface area contributed by atoms with E-state index in [1.54, 1.807) is 12.4 Å². The van der Waals surface area contributed by atoms with E-state index in [0.717, 1.165) is 11.1 Å². The number of hydrogen-bond donors (Lipinski definition) is 2. The summed E-state index contributed by atoms with van der Waals surface area (Å²) in [4.78, 5) is 4.15. The summed E-state index contributed by atoms with van der Waals surface area (Å²) < 4.78 is 5.51. The largest absolute Gasteiger partial charge is 0.385 e. The summed E-state index contributed by atoms with van der Waals surface area (Å²) in [5, 5.41) is 14.4. The van der Waals surface area contributed by atoms with Gasteiger partial charge in [-0.2, -0.15) is 0 Å². The second-order valence-corrected chi connectivity index (χ2v) is 5.23. The molecule has 0 radical (unpaired) electrons. The Kier molecular flexibility index (Phi) is 2.65. The Hall–Kier alpha value is -0.970. The van der Waals surface area contributed by atoms with Crippen molar-refractivity contribution >= 4 is 0 Å². The van der Waals surface area contributed by atoms with Crippen molar-refractivity contribution in [1.82, 2.24) is 10.3 Å². The van der Waals surface area contributed by atoms with E-state index < -0.39 is 5.60 Å². The first-order valence-electron chi connectivity index (χ1n) is 6.15. The summed E-state index contributed by atoms with van der Waals surface area (Å²) in [7, 11) is 0. The van der Waals surface area contributed by atoms with E-state index in [1.165, 1.54) is 0 Å². The van der Waals surface area contributed by atoms with Crippen LogP contribution in [0.15, 0.2) is 18.5 Å². The number of aryl methyl sites for hydroxylation is 1. The zero-order valence-electron chi connectivity index (χ0n) is 10.0. The molecule has 92 valence electrons. The van der Waals surface area contributed by atoms with Crippen LogP contribution in [0.25, 0.3) is 0 Å². The monoisotopic (exact) mass is 234 g/mol. The van der Waals surface area contributed by atoms with Crippen molar-refractivity contribution in [3.8, 4) is 0 Å². The zero-order valence-corrected chi connectivity index (χ0v) is 10.0. The number of hydrogen-bond acceptors (Lipinski definition) is 4. The molecule has 2 bridgehead atoms. The van der Waals surface area contributed by atoms with Crippen LogP contribution in [0, 0.1) is 6.92 Å². The van der Waals surface area contributed by atoms with Crippen LogP contribution >= 0.6 is 0 Å². The Morgan fingerprint density at radius 3 is 2.76 bits per heavy atom. The van der Waals surface area contributed by atoms with Gasteiger partial charge in [0.2, 0.25) is 0 Å². The predicted octanol–water partition coefficient (Wildman–Crippen LogP) is 0.728. The van der Waals surface area contributed by atoms with Crippen molar-refractivity contribution < 1.29 is 9.84 Å². The molecule has 2 aliphatic heterocycles. The number of rotatable bonds is 1. The highest BCUT2D eigenvalue weighted by atomic mass is 16.5. The number of aliphatic hydroxyl groups is 1. The van der Waals surface area contributed by atoms with Crippen LogP contribution < -0.4 is 5.32 Å². The van der Waals surface area contributed by atoms with Gasteiger partial charge in [0, 0.05) is 30.0 Å². The van der Waals surface area contributed by atoms with Gasteiger partial charge in [-0.1, -0.05) is 0 Å². The van der Waals surface area contributed by atoms with E-state index in [2.05, 4.69) is 10.3 Å². The average Bonchev–Trinajstić information content (AvgIpc) is 2.28. The standard InChI is InChI=1S/C13H18N2O2/c1-9-2-3-14-6-12(9)13(16)4-10-7-17-8-11(5-13)15-10/h2-3,6,10-11,15-16H,4-5,7-8H2,1H3. The molecule has 2 saturated heterocycles. The minimum atomic E-state index is -0.747. The summed E-state index contributed by atoms with van der Waals surface area (Å²) in [5.74, 6) is 0. The van der Waals surface area contributed by atoms with Gasteiger partial charge in [-0.05, 0) is 31.4 Å². The van der Waals surface area contributed by atoms with E-state index in [0.29, 0.717) is 26.1 Å². The van der Waals surface area contributed by atoms with Gasteiger partial charge in [0.15, 0.2) is 0 Å². The first kappa shape index (κ1) is 11.1. The lowest BCUT2D eigenvalue weighted by Crippen LogP contribution is -2.58. The predicted molar refractivity (Wildman–Crippen MR) is 63.6 cm³/mol. The van der Waals surface area contributed by atoms with E-state index >= 15 is 0 Å². The average molecular weight is 234 g/mol. The molecule has 3 heterocycles. The van der Waals surface area contributed by atoms with Crippen LogP contribution in [0.4, 0.5) is 0 Å². The highest BCUT2D eigenvalue weighted by Gasteiger charge is 2.43. The molecular formula is C13H18N2O2. The Labute approximate surface area is 101 Å². The number of nitrogens with one attached hydrogen (secondary N) is 1. The third-order valence-corrected chi connectivity index (χ3v) is 3.82. The van der Waals surface area contributed by atoms with Crippen LogP contribution in [0.3, 0.4) is 0 Å². The molecule has 1 aromatic heterocycles. The molecule has 2 fully saturated rings. The smallest absolute Gasteiger partial charge is 0.0945 e. The third-order valence-electron chi connectivity index (χ3n) is 3.82. The van der Waals surface area contributed by atoms with Gasteiger partial charge in [-0.25, -0.2) is 0 Å². The molecule has 0 spiro atoms. The summed E-state index contributed by atoms with van der Waals surface area (Å²) in [6, 6.07) is 2.47. The molecule has 4 heteroatoms. The summed E-state index contributed by atoms with van der Waals surface area (Å²) >= 11 is 0. The highest BCUT2D eigenvalue weighted by molar-refractivity contribution is 5.29. The van der Waals surface area contributed by atoms with Crippen LogP contribution in [0.2, 0.25) is 0 Å². The first-order chi connectivity index (χ1) is 8.17. The fourth-order valence-corrected chi connectivity index (χ4v) is 3.09. The molecule has 3 rings (SSSR count). The summed E-state index contributed by atoms with van der Waals surface area (Å²) in [6.07, 6.45) is 4.98. The molecule has 2 atom stereocenters. The van der Waals surface area contributed by atoms with Gasteiger partial charge < -0.3 is 15.2 Å². The zero-order chi connectivity index (χ0) is 11.9. The lowest BCUT2D eigenvalue weighted by Gasteiger charge is -2.45. The number of morpholine rings is 1. The maximum Gasteiger partial charge on any atom is 0.0945 e. The minimum absolute atomic E-state index is 0.257. The van der Waals surface area contributed by atoms with E-state index in [4.69, 9.17) is 4.74 Å². The Morgan fingerprint density at radius 1 is 1.41 bits per heavy atom. The van der Waals surface area contributed by atoms with Crippen LogP contribution in [0.5, 0.6) is 0 Å². The molecule has 4 nitrogen and oxygen atoms in total. The van der Waals surface area contributed by atoms with E-state index in [-0.39, 0.29) is 12.1 Å². The maximum atomic E-state index is 10.9. The lowest BCUT2D eigenvalue weighted by atomic mass is 9.77. The van der Waals surface area contributed by atoms with Gasteiger partial charge in [-0.15, -0.1) is 0 Å². The quantitative estimate of drug-likeness (QED) is 0.752. The molecule has 0 aromatic carbocycles. The Morgan fingerprint density at radius 2 is 2.12 bits per heavy atom. The van der Waals surface area contributed by atoms with Gasteiger partial charge in [0.25, 0.3) is 0 Å². The number of fused-ring (bicyclic) bond motifs is 2. The lowest BCUT2D eigenvalue weighted by molar-refractivity contribution is -0.0806. The second kappa shape index (κ2) is 4.05. The summed E-state index contributed by atoms with van der Waals surface area (Å²) in [5.41, 5.74) is 1.34. The molecule has 17 heavy (non-hydrogen) atoms. The van der Waals surface area contributed by atoms with Crippen molar-refractivity contribution in [2.24, 2.45) is 0 Å². The Bertz CT molecular complexity index is 410. The minimum Gasteiger partial charge on any atom is -0.385 e. The van der Waals surface area contributed by atoms with Crippen molar-refractivity contribution in [2.75, 3.05) is 13.2 Å². The molecule has 0 aliphatic carbocycles. The normalized spacial score (nSPS) is 36.8. The van der Waals surface area contributed by atoms with Crippen molar-refractivity contribution in [2.45, 2.75) is 37.5 Å². The molecule has 0 amide bonds. The summed E-state index contributed by atoms with van der Waals surface area (Å²) in [6.45, 7) is 3.42. The van der Waals surface area contributed by atoms with Crippen molar-refractivity contribution in [3.63, 3.8) is 0 Å². The fraction of sp³-hybridized carbons (Fsp3) is 0.615. The van der Waals surface area contributed by atoms with E-state index in [1.807, 2.05) is 13.0 Å². The van der Waals surface area contributed by atoms with Crippen molar-refractivity contribution in [3.05, 3.63) is 29.6 Å². The highest BCUT2D eigenvalue weighted by Crippen LogP contribution is 2.37.